The summed E-state index contributed by atoms with van der Waals surface area (Å²) < 4.78 is 17.7. The van der Waals surface area contributed by atoms with E-state index in [9.17, 15) is 24.4 Å². The number of hydrogen-bond donors (Lipinski definition) is 5. The van der Waals surface area contributed by atoms with Gasteiger partial charge in [-0.05, 0) is 17.9 Å². The van der Waals surface area contributed by atoms with E-state index >= 15 is 0 Å². The van der Waals surface area contributed by atoms with E-state index < -0.39 is 49.5 Å². The minimum Gasteiger partial charge on any atom is -0.388 e. The van der Waals surface area contributed by atoms with Crippen LogP contribution in [0.4, 0.5) is 0 Å². The Labute approximate surface area is 138 Å². The Hall–Kier alpha value is -1.33. The predicted octanol–water partition coefficient (Wildman–Crippen LogP) is -1.06. The molecule has 3 rings (SSSR count). The number of hydrogen-bond acceptors (Lipinski definition) is 7. The maximum Gasteiger partial charge on any atom is 0.331 e. The van der Waals surface area contributed by atoms with Gasteiger partial charge in [0, 0.05) is 0 Å². The van der Waals surface area contributed by atoms with Crippen molar-refractivity contribution in [3.05, 3.63) is 32.3 Å². The van der Waals surface area contributed by atoms with Crippen molar-refractivity contribution in [2.75, 3.05) is 6.16 Å². The molecule has 0 saturated carbocycles. The number of aromatic amines is 1. The number of aliphatic hydroxyl groups excluding tert-OH is 2. The SMILES string of the molecule is O=c1[nH]c(=O)n([C@@H]2O[C@H](CCP(=O)(O)O)[C@@H](O)[C@H]2O)c2ccsc12. The van der Waals surface area contributed by atoms with Gasteiger partial charge in [0.05, 0.1) is 17.8 Å². The molecule has 2 aromatic rings. The second-order valence-corrected chi connectivity index (χ2v) is 8.18. The van der Waals surface area contributed by atoms with Crippen molar-refractivity contribution < 1.29 is 29.3 Å². The van der Waals surface area contributed by atoms with E-state index in [0.717, 1.165) is 15.9 Å². The molecule has 0 amide bonds. The van der Waals surface area contributed by atoms with E-state index in [0.29, 0.717) is 0 Å². The van der Waals surface area contributed by atoms with Crippen LogP contribution in [0.15, 0.2) is 21.0 Å². The maximum atomic E-state index is 12.1. The highest BCUT2D eigenvalue weighted by Gasteiger charge is 2.45. The molecule has 1 saturated heterocycles. The smallest absolute Gasteiger partial charge is 0.331 e. The van der Waals surface area contributed by atoms with Gasteiger partial charge in [0.2, 0.25) is 0 Å². The normalized spacial score (nSPS) is 27.8. The van der Waals surface area contributed by atoms with Crippen molar-refractivity contribution in [3.63, 3.8) is 0 Å². The van der Waals surface area contributed by atoms with Crippen molar-refractivity contribution >= 4 is 29.1 Å². The Morgan fingerprint density at radius 1 is 1.29 bits per heavy atom. The number of nitrogens with zero attached hydrogens (tertiary/aromatic N) is 1. The Morgan fingerprint density at radius 2 is 2.00 bits per heavy atom. The van der Waals surface area contributed by atoms with E-state index in [1.54, 1.807) is 5.38 Å². The molecule has 1 fully saturated rings. The Morgan fingerprint density at radius 3 is 2.67 bits per heavy atom. The fourth-order valence-electron chi connectivity index (χ4n) is 2.71. The van der Waals surface area contributed by atoms with Gasteiger partial charge in [0.1, 0.15) is 16.9 Å². The summed E-state index contributed by atoms with van der Waals surface area (Å²) in [4.78, 5) is 43.8. The van der Waals surface area contributed by atoms with Gasteiger partial charge in [-0.3, -0.25) is 18.9 Å². The minimum atomic E-state index is -4.29. The summed E-state index contributed by atoms with van der Waals surface area (Å²) in [7, 11) is -4.29. The van der Waals surface area contributed by atoms with Crippen molar-refractivity contribution in [2.45, 2.75) is 31.0 Å². The molecule has 132 valence electrons. The van der Waals surface area contributed by atoms with Crippen LogP contribution in [0.2, 0.25) is 0 Å². The molecule has 0 bridgehead atoms. The molecule has 0 aromatic carbocycles. The van der Waals surface area contributed by atoms with E-state index in [4.69, 9.17) is 14.5 Å². The standard InChI is InChI=1S/C12H15N2O8PS/c15-7-6(1-3-23(19,20)21)22-11(8(7)16)14-5-2-4-24-9(5)10(17)13-12(14)18/h2,4,6-8,11,15-16H,1,3H2,(H,13,17,18)(H2,19,20,21)/t6-,7-,8-,11-/m1/s1. The van der Waals surface area contributed by atoms with Gasteiger partial charge in [-0.1, -0.05) is 0 Å². The van der Waals surface area contributed by atoms with Gasteiger partial charge in [-0.25, -0.2) is 4.79 Å². The fraction of sp³-hybridized carbons (Fsp3) is 0.500. The van der Waals surface area contributed by atoms with E-state index in [1.807, 2.05) is 0 Å². The zero-order chi connectivity index (χ0) is 17.6. The van der Waals surface area contributed by atoms with Crippen LogP contribution in [-0.2, 0) is 9.30 Å². The number of thiophene rings is 1. The Kier molecular flexibility index (Phi) is 4.51. The lowest BCUT2D eigenvalue weighted by molar-refractivity contribution is -0.0376. The second kappa shape index (κ2) is 6.19. The lowest BCUT2D eigenvalue weighted by Gasteiger charge is -2.18. The first-order chi connectivity index (χ1) is 11.2. The molecular formula is C12H15N2O8PS. The van der Waals surface area contributed by atoms with Crippen LogP contribution >= 0.6 is 18.9 Å². The number of fused-ring (bicyclic) bond motifs is 1. The summed E-state index contributed by atoms with van der Waals surface area (Å²) in [6, 6.07) is 1.52. The van der Waals surface area contributed by atoms with Crippen molar-refractivity contribution in [3.8, 4) is 0 Å². The maximum absolute atomic E-state index is 12.1. The molecule has 24 heavy (non-hydrogen) atoms. The minimum absolute atomic E-state index is 0.191. The Bertz CT molecular complexity index is 914. The average molecular weight is 378 g/mol. The fourth-order valence-corrected chi connectivity index (χ4v) is 4.08. The third kappa shape index (κ3) is 3.11. The number of ether oxygens (including phenoxy) is 1. The molecule has 12 heteroatoms. The van der Waals surface area contributed by atoms with Gasteiger partial charge in [0.15, 0.2) is 6.23 Å². The lowest BCUT2D eigenvalue weighted by Crippen LogP contribution is -2.38. The molecular weight excluding hydrogens is 363 g/mol. The highest BCUT2D eigenvalue weighted by atomic mass is 32.1. The number of aromatic nitrogens is 2. The van der Waals surface area contributed by atoms with Crippen LogP contribution in [0.3, 0.4) is 0 Å². The van der Waals surface area contributed by atoms with Crippen LogP contribution in [0, 0.1) is 0 Å². The van der Waals surface area contributed by atoms with E-state index in [2.05, 4.69) is 4.98 Å². The summed E-state index contributed by atoms with van der Waals surface area (Å²) >= 11 is 1.11. The number of rotatable bonds is 4. The zero-order valence-electron chi connectivity index (χ0n) is 12.1. The van der Waals surface area contributed by atoms with E-state index in [1.165, 1.54) is 6.07 Å². The van der Waals surface area contributed by atoms with Crippen LogP contribution in [0.25, 0.3) is 10.2 Å². The topological polar surface area (TPSA) is 162 Å². The first-order valence-corrected chi connectivity index (χ1v) is 9.65. The molecule has 10 nitrogen and oxygen atoms in total. The van der Waals surface area contributed by atoms with Gasteiger partial charge >= 0.3 is 13.3 Å². The summed E-state index contributed by atoms with van der Waals surface area (Å²) in [5.41, 5.74) is -1.12. The number of nitrogens with one attached hydrogen (secondary N) is 1. The molecule has 0 radical (unpaired) electrons. The van der Waals surface area contributed by atoms with Gasteiger partial charge in [-0.15, -0.1) is 11.3 Å². The Balaban J connectivity index is 1.96. The first-order valence-electron chi connectivity index (χ1n) is 6.97. The summed E-state index contributed by atoms with van der Waals surface area (Å²) in [6.45, 7) is 0. The summed E-state index contributed by atoms with van der Waals surface area (Å²) in [5, 5.41) is 21.8. The second-order valence-electron chi connectivity index (χ2n) is 5.49. The number of aliphatic hydroxyl groups is 2. The summed E-state index contributed by atoms with van der Waals surface area (Å²) in [5.74, 6) is 0. The molecule has 0 unspecified atom stereocenters. The molecule has 2 aromatic heterocycles. The largest absolute Gasteiger partial charge is 0.388 e. The van der Waals surface area contributed by atoms with Crippen LogP contribution in [0.1, 0.15) is 12.6 Å². The molecule has 1 aliphatic heterocycles. The molecule has 4 atom stereocenters. The third-order valence-electron chi connectivity index (χ3n) is 3.85. The monoisotopic (exact) mass is 378 g/mol. The molecule has 3 heterocycles. The average Bonchev–Trinajstić information content (AvgIpc) is 3.05. The molecule has 0 aliphatic carbocycles. The zero-order valence-corrected chi connectivity index (χ0v) is 13.8. The van der Waals surface area contributed by atoms with Crippen LogP contribution in [-0.4, -0.2) is 54.0 Å². The first kappa shape index (κ1) is 17.5. The van der Waals surface area contributed by atoms with Crippen LogP contribution < -0.4 is 11.2 Å². The third-order valence-corrected chi connectivity index (χ3v) is 5.59. The molecule has 0 spiro atoms. The van der Waals surface area contributed by atoms with Gasteiger partial charge in [-0.2, -0.15) is 0 Å². The van der Waals surface area contributed by atoms with Crippen LogP contribution in [0.5, 0.6) is 0 Å². The highest BCUT2D eigenvalue weighted by Crippen LogP contribution is 2.39. The molecule has 1 aliphatic rings. The van der Waals surface area contributed by atoms with Crippen molar-refractivity contribution in [1.82, 2.24) is 9.55 Å². The number of H-pyrrole nitrogens is 1. The van der Waals surface area contributed by atoms with Gasteiger partial charge in [0.25, 0.3) is 5.56 Å². The quantitative estimate of drug-likeness (QED) is 0.420. The van der Waals surface area contributed by atoms with E-state index in [-0.39, 0.29) is 16.6 Å². The lowest BCUT2D eigenvalue weighted by atomic mass is 10.1. The predicted molar refractivity (Wildman–Crippen MR) is 84.2 cm³/mol. The van der Waals surface area contributed by atoms with Crippen molar-refractivity contribution in [2.24, 2.45) is 0 Å². The molecule has 5 N–H and O–H groups in total. The highest BCUT2D eigenvalue weighted by molar-refractivity contribution is 7.51. The van der Waals surface area contributed by atoms with Crippen molar-refractivity contribution in [1.29, 1.82) is 0 Å². The summed E-state index contributed by atoms with van der Waals surface area (Å²) in [6.07, 6.45) is -5.95. The van der Waals surface area contributed by atoms with Gasteiger partial charge < -0.3 is 24.7 Å².